The van der Waals surface area contributed by atoms with Gasteiger partial charge in [-0.2, -0.15) is 0 Å². The van der Waals surface area contributed by atoms with Crippen LogP contribution in [-0.2, 0) is 6.61 Å². The summed E-state index contributed by atoms with van der Waals surface area (Å²) in [6, 6.07) is 9.00. The molecular formula is C15H15NO3. The van der Waals surface area contributed by atoms with E-state index in [4.69, 9.17) is 9.47 Å². The lowest BCUT2D eigenvalue weighted by Gasteiger charge is -2.13. The van der Waals surface area contributed by atoms with Crippen LogP contribution in [0.4, 0.5) is 0 Å². The first kappa shape index (κ1) is 13.1. The van der Waals surface area contributed by atoms with E-state index < -0.39 is 0 Å². The molecule has 0 radical (unpaired) electrons. The summed E-state index contributed by atoms with van der Waals surface area (Å²) in [5, 5.41) is 0. The van der Waals surface area contributed by atoms with Crippen LogP contribution in [0.5, 0.6) is 11.5 Å². The van der Waals surface area contributed by atoms with Gasteiger partial charge in [0.05, 0.1) is 12.7 Å². The number of para-hydroxylation sites is 1. The summed E-state index contributed by atoms with van der Waals surface area (Å²) < 4.78 is 11.0. The minimum Gasteiger partial charge on any atom is -0.493 e. The summed E-state index contributed by atoms with van der Waals surface area (Å²) in [7, 11) is 1.55. The van der Waals surface area contributed by atoms with Crippen molar-refractivity contribution in [3.8, 4) is 11.5 Å². The average molecular weight is 257 g/mol. The Kier molecular flexibility index (Phi) is 4.13. The number of Topliss-reactive ketones (excluding diaryl/α,β-unsaturated/α-hetero) is 1. The molecule has 2 rings (SSSR count). The Bertz CT molecular complexity index is 567. The van der Waals surface area contributed by atoms with Crippen LogP contribution in [0, 0.1) is 0 Å². The van der Waals surface area contributed by atoms with Gasteiger partial charge in [0.25, 0.3) is 0 Å². The van der Waals surface area contributed by atoms with E-state index in [-0.39, 0.29) is 5.78 Å². The molecule has 0 N–H and O–H groups in total. The first-order chi connectivity index (χ1) is 9.22. The summed E-state index contributed by atoms with van der Waals surface area (Å²) >= 11 is 0. The zero-order valence-corrected chi connectivity index (χ0v) is 10.9. The molecule has 0 bridgehead atoms. The molecule has 1 aromatic heterocycles. The van der Waals surface area contributed by atoms with E-state index in [1.165, 1.54) is 6.92 Å². The third-order valence-corrected chi connectivity index (χ3v) is 2.71. The first-order valence-corrected chi connectivity index (χ1v) is 5.92. The normalized spacial score (nSPS) is 10.0. The van der Waals surface area contributed by atoms with Gasteiger partial charge in [0, 0.05) is 12.4 Å². The minimum atomic E-state index is -0.0522. The predicted octanol–water partition coefficient (Wildman–Crippen LogP) is 2.87. The van der Waals surface area contributed by atoms with E-state index in [0.29, 0.717) is 23.7 Å². The zero-order valence-electron chi connectivity index (χ0n) is 10.9. The fourth-order valence-corrected chi connectivity index (χ4v) is 1.74. The minimum absolute atomic E-state index is 0.0522. The summed E-state index contributed by atoms with van der Waals surface area (Å²) in [6.07, 6.45) is 3.40. The summed E-state index contributed by atoms with van der Waals surface area (Å²) in [5.41, 5.74) is 1.50. The number of methoxy groups -OCH3 is 1. The fourth-order valence-electron chi connectivity index (χ4n) is 1.74. The summed E-state index contributed by atoms with van der Waals surface area (Å²) in [5.74, 6) is 0.986. The van der Waals surface area contributed by atoms with Crippen LogP contribution in [0.25, 0.3) is 0 Å². The summed E-state index contributed by atoms with van der Waals surface area (Å²) in [4.78, 5) is 15.5. The molecule has 0 unspecified atom stereocenters. The van der Waals surface area contributed by atoms with E-state index in [1.807, 2.05) is 12.1 Å². The standard InChI is InChI=1S/C15H15NO3/c1-11(17)13-4-3-5-14(18-2)15(13)19-10-12-6-8-16-9-7-12/h3-9H,10H2,1-2H3. The van der Waals surface area contributed by atoms with Crippen LogP contribution in [-0.4, -0.2) is 17.9 Å². The lowest BCUT2D eigenvalue weighted by Crippen LogP contribution is -2.03. The van der Waals surface area contributed by atoms with Crippen molar-refractivity contribution in [3.05, 3.63) is 53.9 Å². The monoisotopic (exact) mass is 257 g/mol. The molecule has 0 saturated carbocycles. The maximum absolute atomic E-state index is 11.6. The number of rotatable bonds is 5. The molecule has 4 heteroatoms. The lowest BCUT2D eigenvalue weighted by atomic mass is 10.1. The highest BCUT2D eigenvalue weighted by Crippen LogP contribution is 2.32. The maximum Gasteiger partial charge on any atom is 0.172 e. The van der Waals surface area contributed by atoms with Crippen LogP contribution in [0.1, 0.15) is 22.8 Å². The Labute approximate surface area is 112 Å². The molecule has 0 aliphatic heterocycles. The number of ether oxygens (including phenoxy) is 2. The van der Waals surface area contributed by atoms with Gasteiger partial charge in [-0.1, -0.05) is 6.07 Å². The highest BCUT2D eigenvalue weighted by molar-refractivity contribution is 5.97. The SMILES string of the molecule is COc1cccc(C(C)=O)c1OCc1ccncc1. The van der Waals surface area contributed by atoms with Gasteiger partial charge in [-0.25, -0.2) is 0 Å². The Morgan fingerprint density at radius 2 is 1.95 bits per heavy atom. The van der Waals surface area contributed by atoms with Crippen LogP contribution >= 0.6 is 0 Å². The Morgan fingerprint density at radius 1 is 1.21 bits per heavy atom. The van der Waals surface area contributed by atoms with Crippen molar-refractivity contribution in [1.82, 2.24) is 4.98 Å². The Morgan fingerprint density at radius 3 is 2.58 bits per heavy atom. The van der Waals surface area contributed by atoms with E-state index in [9.17, 15) is 4.79 Å². The maximum atomic E-state index is 11.6. The van der Waals surface area contributed by atoms with Gasteiger partial charge in [-0.3, -0.25) is 9.78 Å². The molecule has 1 aromatic carbocycles. The van der Waals surface area contributed by atoms with Crippen molar-refractivity contribution in [2.75, 3.05) is 7.11 Å². The van der Waals surface area contributed by atoms with Gasteiger partial charge in [0.1, 0.15) is 6.61 Å². The van der Waals surface area contributed by atoms with Gasteiger partial charge in [0.15, 0.2) is 17.3 Å². The van der Waals surface area contributed by atoms with Crippen molar-refractivity contribution >= 4 is 5.78 Å². The van der Waals surface area contributed by atoms with Crippen molar-refractivity contribution < 1.29 is 14.3 Å². The topological polar surface area (TPSA) is 48.4 Å². The van der Waals surface area contributed by atoms with E-state index in [2.05, 4.69) is 4.98 Å². The molecule has 98 valence electrons. The van der Waals surface area contributed by atoms with Gasteiger partial charge in [0.2, 0.25) is 0 Å². The van der Waals surface area contributed by atoms with E-state index in [0.717, 1.165) is 5.56 Å². The molecule has 0 fully saturated rings. The number of ketones is 1. The average Bonchev–Trinajstić information content (AvgIpc) is 2.45. The van der Waals surface area contributed by atoms with E-state index in [1.54, 1.807) is 37.7 Å². The molecule has 0 saturated heterocycles. The van der Waals surface area contributed by atoms with Crippen molar-refractivity contribution in [2.24, 2.45) is 0 Å². The van der Waals surface area contributed by atoms with Gasteiger partial charge >= 0.3 is 0 Å². The smallest absolute Gasteiger partial charge is 0.172 e. The number of benzene rings is 1. The van der Waals surface area contributed by atoms with Crippen LogP contribution in [0.3, 0.4) is 0 Å². The van der Waals surface area contributed by atoms with Crippen molar-refractivity contribution in [3.63, 3.8) is 0 Å². The number of hydrogen-bond donors (Lipinski definition) is 0. The number of carbonyl (C=O) groups excluding carboxylic acids is 1. The largest absolute Gasteiger partial charge is 0.493 e. The second kappa shape index (κ2) is 6.00. The lowest BCUT2D eigenvalue weighted by molar-refractivity contribution is 0.101. The molecule has 2 aromatic rings. The summed E-state index contributed by atoms with van der Waals surface area (Å²) in [6.45, 7) is 1.87. The number of hydrogen-bond acceptors (Lipinski definition) is 4. The molecule has 0 aliphatic rings. The van der Waals surface area contributed by atoms with Gasteiger partial charge < -0.3 is 9.47 Å². The van der Waals surface area contributed by atoms with Crippen molar-refractivity contribution in [1.29, 1.82) is 0 Å². The molecule has 19 heavy (non-hydrogen) atoms. The third-order valence-electron chi connectivity index (χ3n) is 2.71. The predicted molar refractivity (Wildman–Crippen MR) is 71.6 cm³/mol. The number of pyridine rings is 1. The highest BCUT2D eigenvalue weighted by atomic mass is 16.5. The highest BCUT2D eigenvalue weighted by Gasteiger charge is 2.13. The van der Waals surface area contributed by atoms with Gasteiger partial charge in [-0.05, 0) is 36.8 Å². The molecule has 0 spiro atoms. The third kappa shape index (κ3) is 3.10. The molecular weight excluding hydrogens is 242 g/mol. The van der Waals surface area contributed by atoms with Crippen LogP contribution in [0.2, 0.25) is 0 Å². The first-order valence-electron chi connectivity index (χ1n) is 5.92. The second-order valence-corrected chi connectivity index (χ2v) is 4.04. The number of nitrogens with zero attached hydrogens (tertiary/aromatic N) is 1. The number of carbonyl (C=O) groups is 1. The molecule has 0 amide bonds. The fraction of sp³-hybridized carbons (Fsp3) is 0.200. The molecule has 0 aliphatic carbocycles. The van der Waals surface area contributed by atoms with Gasteiger partial charge in [-0.15, -0.1) is 0 Å². The number of aromatic nitrogens is 1. The second-order valence-electron chi connectivity index (χ2n) is 4.04. The van der Waals surface area contributed by atoms with Crippen LogP contribution < -0.4 is 9.47 Å². The van der Waals surface area contributed by atoms with Crippen molar-refractivity contribution in [2.45, 2.75) is 13.5 Å². The quantitative estimate of drug-likeness (QED) is 0.773. The molecule has 4 nitrogen and oxygen atoms in total. The Balaban J connectivity index is 2.25. The molecule has 1 heterocycles. The Hall–Kier alpha value is -2.36. The van der Waals surface area contributed by atoms with Crippen LogP contribution in [0.15, 0.2) is 42.7 Å². The molecule has 0 atom stereocenters. The van der Waals surface area contributed by atoms with E-state index >= 15 is 0 Å². The zero-order chi connectivity index (χ0) is 13.7.